The topological polar surface area (TPSA) is 55.6 Å². The van der Waals surface area contributed by atoms with Crippen LogP contribution in [-0.2, 0) is 0 Å². The van der Waals surface area contributed by atoms with Crippen LogP contribution in [-0.4, -0.2) is 20.2 Å². The minimum Gasteiger partial charge on any atom is -0.323 e. The molecule has 3 aromatic rings. The van der Waals surface area contributed by atoms with Crippen LogP contribution in [0.15, 0.2) is 53.0 Å². The van der Waals surface area contributed by atoms with Crippen molar-refractivity contribution in [3.8, 4) is 0 Å². The number of rotatable bonds is 2. The van der Waals surface area contributed by atoms with Crippen molar-refractivity contribution in [1.29, 1.82) is 0 Å². The molecule has 7 heteroatoms. The van der Waals surface area contributed by atoms with E-state index in [0.717, 1.165) is 16.8 Å². The smallest absolute Gasteiger partial charge is 0.248 e. The summed E-state index contributed by atoms with van der Waals surface area (Å²) in [5.41, 5.74) is 4.05. The van der Waals surface area contributed by atoms with E-state index in [1.54, 1.807) is 16.8 Å². The monoisotopic (exact) mass is 385 g/mol. The molecule has 120 valence electrons. The van der Waals surface area contributed by atoms with Crippen LogP contribution in [0.3, 0.4) is 0 Å². The standard InChI is InChI=1S/C17H13BrFN5/c1-10-2-4-11(5-3-10)15-9-16(24-17(20-15)21-22-23-24)12-6-7-14(19)13(18)8-12/h2-9,16H,1H3,(H,20,21,23)/t16-/m0/s1. The van der Waals surface area contributed by atoms with Crippen molar-refractivity contribution in [3.63, 3.8) is 0 Å². The third kappa shape index (κ3) is 2.60. The first kappa shape index (κ1) is 15.0. The second-order valence-corrected chi connectivity index (χ2v) is 6.49. The fourth-order valence-corrected chi connectivity index (χ4v) is 3.09. The lowest BCUT2D eigenvalue weighted by atomic mass is 10.0. The van der Waals surface area contributed by atoms with E-state index >= 15 is 0 Å². The normalized spacial score (nSPS) is 16.3. The lowest BCUT2D eigenvalue weighted by Gasteiger charge is -2.23. The Hall–Kier alpha value is -2.54. The number of aromatic nitrogens is 4. The van der Waals surface area contributed by atoms with Gasteiger partial charge in [0.05, 0.1) is 4.47 Å². The predicted molar refractivity (Wildman–Crippen MR) is 92.8 cm³/mol. The molecule has 0 fully saturated rings. The van der Waals surface area contributed by atoms with Gasteiger partial charge in [-0.1, -0.05) is 41.0 Å². The molecule has 0 unspecified atom stereocenters. The Kier molecular flexibility index (Phi) is 3.65. The van der Waals surface area contributed by atoms with Gasteiger partial charge >= 0.3 is 0 Å². The van der Waals surface area contributed by atoms with Gasteiger partial charge in [0.2, 0.25) is 5.95 Å². The zero-order valence-corrected chi connectivity index (χ0v) is 14.3. The summed E-state index contributed by atoms with van der Waals surface area (Å²) in [5.74, 6) is 0.255. The Labute approximate surface area is 146 Å². The van der Waals surface area contributed by atoms with Crippen molar-refractivity contribution in [2.24, 2.45) is 0 Å². The van der Waals surface area contributed by atoms with Gasteiger partial charge in [-0.25, -0.2) is 4.39 Å². The van der Waals surface area contributed by atoms with Crippen molar-refractivity contribution in [3.05, 3.63) is 75.5 Å². The second kappa shape index (κ2) is 5.83. The highest BCUT2D eigenvalue weighted by molar-refractivity contribution is 9.10. The molecule has 0 bridgehead atoms. The van der Waals surface area contributed by atoms with Crippen molar-refractivity contribution in [1.82, 2.24) is 20.2 Å². The molecule has 2 aromatic carbocycles. The number of nitrogens with zero attached hydrogens (tertiary/aromatic N) is 4. The fraction of sp³-hybridized carbons (Fsp3) is 0.118. The number of benzene rings is 2. The van der Waals surface area contributed by atoms with Gasteiger partial charge in [-0.2, -0.15) is 4.68 Å². The van der Waals surface area contributed by atoms with Crippen molar-refractivity contribution in [2.45, 2.75) is 13.0 Å². The van der Waals surface area contributed by atoms with E-state index in [1.807, 2.05) is 25.1 Å². The number of hydrogen-bond donors (Lipinski definition) is 1. The first-order valence-electron chi connectivity index (χ1n) is 7.40. The summed E-state index contributed by atoms with van der Waals surface area (Å²) in [4.78, 5) is 0. The molecule has 0 radical (unpaired) electrons. The van der Waals surface area contributed by atoms with E-state index in [2.05, 4.69) is 48.9 Å². The predicted octanol–water partition coefficient (Wildman–Crippen LogP) is 3.94. The highest BCUT2D eigenvalue weighted by atomic mass is 79.9. The summed E-state index contributed by atoms with van der Waals surface area (Å²) in [6.45, 7) is 2.05. The molecule has 0 amide bonds. The summed E-state index contributed by atoms with van der Waals surface area (Å²) < 4.78 is 15.7. The molecule has 24 heavy (non-hydrogen) atoms. The molecule has 2 heterocycles. The zero-order valence-electron chi connectivity index (χ0n) is 12.7. The molecule has 0 saturated carbocycles. The van der Waals surface area contributed by atoms with Gasteiger partial charge < -0.3 is 5.32 Å². The van der Waals surface area contributed by atoms with Crippen LogP contribution in [0.5, 0.6) is 0 Å². The Bertz CT molecular complexity index is 932. The molecule has 4 rings (SSSR count). The maximum atomic E-state index is 13.6. The number of halogens is 2. The number of hydrogen-bond acceptors (Lipinski definition) is 4. The van der Waals surface area contributed by atoms with E-state index in [9.17, 15) is 4.39 Å². The highest BCUT2D eigenvalue weighted by Gasteiger charge is 2.24. The van der Waals surface area contributed by atoms with E-state index in [0.29, 0.717) is 10.4 Å². The van der Waals surface area contributed by atoms with Gasteiger partial charge in [0.15, 0.2) is 0 Å². The quantitative estimate of drug-likeness (QED) is 0.725. The lowest BCUT2D eigenvalue weighted by molar-refractivity contribution is 0.580. The molecule has 0 saturated heterocycles. The molecule has 0 spiro atoms. The number of allylic oxidation sites excluding steroid dienone is 1. The van der Waals surface area contributed by atoms with Crippen LogP contribution in [0.25, 0.3) is 5.70 Å². The van der Waals surface area contributed by atoms with Crippen LogP contribution >= 0.6 is 15.9 Å². The van der Waals surface area contributed by atoms with Crippen molar-refractivity contribution >= 4 is 27.6 Å². The Morgan fingerprint density at radius 3 is 2.71 bits per heavy atom. The molecule has 1 aromatic heterocycles. The lowest BCUT2D eigenvalue weighted by Crippen LogP contribution is -2.20. The molecule has 5 nitrogen and oxygen atoms in total. The Morgan fingerprint density at radius 1 is 1.17 bits per heavy atom. The summed E-state index contributed by atoms with van der Waals surface area (Å²) in [6, 6.07) is 12.9. The van der Waals surface area contributed by atoms with Gasteiger partial charge in [0.1, 0.15) is 11.9 Å². The third-order valence-electron chi connectivity index (χ3n) is 3.98. The van der Waals surface area contributed by atoms with Gasteiger partial charge in [0.25, 0.3) is 0 Å². The third-order valence-corrected chi connectivity index (χ3v) is 4.58. The molecule has 1 aliphatic rings. The molecule has 0 aliphatic carbocycles. The summed E-state index contributed by atoms with van der Waals surface area (Å²) in [6.07, 6.45) is 2.04. The minimum absolute atomic E-state index is 0.218. The van der Waals surface area contributed by atoms with Crippen LogP contribution in [0.1, 0.15) is 22.7 Å². The average molecular weight is 386 g/mol. The number of nitrogens with one attached hydrogen (secondary N) is 1. The number of anilines is 1. The maximum Gasteiger partial charge on any atom is 0.248 e. The molecular formula is C17H13BrFN5. The highest BCUT2D eigenvalue weighted by Crippen LogP contribution is 2.33. The van der Waals surface area contributed by atoms with Gasteiger partial charge in [-0.05, 0) is 62.6 Å². The van der Waals surface area contributed by atoms with Gasteiger partial charge in [-0.15, -0.1) is 0 Å². The molecule has 1 N–H and O–H groups in total. The van der Waals surface area contributed by atoms with Gasteiger partial charge in [-0.3, -0.25) is 0 Å². The minimum atomic E-state index is -0.299. The Balaban J connectivity index is 1.81. The van der Waals surface area contributed by atoms with Crippen molar-refractivity contribution < 1.29 is 4.39 Å². The molecular weight excluding hydrogens is 373 g/mol. The SMILES string of the molecule is Cc1ccc(C2=C[C@@H](c3ccc(F)c(Br)c3)n3nnnc3N2)cc1. The maximum absolute atomic E-state index is 13.6. The average Bonchev–Trinajstić information content (AvgIpc) is 3.06. The first-order chi connectivity index (χ1) is 11.6. The van der Waals surface area contributed by atoms with Crippen LogP contribution in [0, 0.1) is 12.7 Å². The number of tetrazole rings is 1. The number of aryl methyl sites for hydroxylation is 1. The van der Waals surface area contributed by atoms with E-state index in [1.165, 1.54) is 11.6 Å². The second-order valence-electron chi connectivity index (χ2n) is 5.64. The summed E-state index contributed by atoms with van der Waals surface area (Å²) in [5, 5.41) is 15.1. The van der Waals surface area contributed by atoms with E-state index in [-0.39, 0.29) is 11.9 Å². The molecule has 1 atom stereocenters. The van der Waals surface area contributed by atoms with Crippen LogP contribution < -0.4 is 5.32 Å². The van der Waals surface area contributed by atoms with E-state index in [4.69, 9.17) is 0 Å². The van der Waals surface area contributed by atoms with Crippen molar-refractivity contribution in [2.75, 3.05) is 5.32 Å². The largest absolute Gasteiger partial charge is 0.323 e. The Morgan fingerprint density at radius 2 is 1.96 bits per heavy atom. The summed E-state index contributed by atoms with van der Waals surface area (Å²) in [7, 11) is 0. The first-order valence-corrected chi connectivity index (χ1v) is 8.20. The zero-order chi connectivity index (χ0) is 16.7. The van der Waals surface area contributed by atoms with Crippen LogP contribution in [0.2, 0.25) is 0 Å². The van der Waals surface area contributed by atoms with Gasteiger partial charge in [0, 0.05) is 5.70 Å². The summed E-state index contributed by atoms with van der Waals surface area (Å²) >= 11 is 3.24. The van der Waals surface area contributed by atoms with Crippen LogP contribution in [0.4, 0.5) is 10.3 Å². The van der Waals surface area contributed by atoms with E-state index < -0.39 is 0 Å². The fourth-order valence-electron chi connectivity index (χ4n) is 2.69. The number of fused-ring (bicyclic) bond motifs is 1. The molecule has 1 aliphatic heterocycles.